The number of hydrogen-bond donors (Lipinski definition) is 1. The fraction of sp³-hybridized carbons (Fsp3) is 0.500. The van der Waals surface area contributed by atoms with Crippen molar-refractivity contribution in [1.29, 1.82) is 5.41 Å². The first-order valence-electron chi connectivity index (χ1n) is 4.38. The molecule has 0 bridgehead atoms. The third-order valence-electron chi connectivity index (χ3n) is 2.62. The lowest BCUT2D eigenvalue weighted by Crippen LogP contribution is -2.47. The van der Waals surface area contributed by atoms with E-state index in [0.29, 0.717) is 5.57 Å². The maximum absolute atomic E-state index is 12.8. The average Bonchev–Trinajstić information content (AvgIpc) is 2.00. The second-order valence-corrected chi connectivity index (χ2v) is 3.87. The number of nitrogens with one attached hydrogen (secondary N) is 1. The van der Waals surface area contributed by atoms with Gasteiger partial charge in [-0.15, -0.1) is 0 Å². The summed E-state index contributed by atoms with van der Waals surface area (Å²) in [4.78, 5) is 0. The van der Waals surface area contributed by atoms with Crippen molar-refractivity contribution in [2.24, 2.45) is 11.3 Å². The highest BCUT2D eigenvalue weighted by atomic mass is 19.4. The molecule has 2 atom stereocenters. The lowest BCUT2D eigenvalue weighted by atomic mass is 9.72. The molecule has 84 valence electrons. The Bertz CT molecular complexity index is 343. The van der Waals surface area contributed by atoms with Crippen LogP contribution >= 0.6 is 0 Å². The second-order valence-electron chi connectivity index (χ2n) is 3.87. The molecular weight excluding hydrogens is 207 g/mol. The summed E-state index contributed by atoms with van der Waals surface area (Å²) in [5.41, 5.74) is -1.81. The molecule has 0 aromatic rings. The van der Waals surface area contributed by atoms with E-state index in [1.165, 1.54) is 13.0 Å². The smallest absolute Gasteiger partial charge is 0.398 e. The van der Waals surface area contributed by atoms with Gasteiger partial charge in [-0.05, 0) is 19.7 Å². The molecule has 0 saturated carbocycles. The summed E-state index contributed by atoms with van der Waals surface area (Å²) >= 11 is 0. The van der Waals surface area contributed by atoms with E-state index in [1.54, 1.807) is 0 Å². The number of allylic oxidation sites excluding steroid dienone is 3. The van der Waals surface area contributed by atoms with Crippen LogP contribution in [0.2, 0.25) is 0 Å². The highest BCUT2D eigenvalue weighted by Gasteiger charge is 2.54. The van der Waals surface area contributed by atoms with Crippen LogP contribution < -0.4 is 5.11 Å². The van der Waals surface area contributed by atoms with Gasteiger partial charge in [0, 0.05) is 5.92 Å². The van der Waals surface area contributed by atoms with Gasteiger partial charge in [0.25, 0.3) is 0 Å². The quantitative estimate of drug-likeness (QED) is 0.531. The summed E-state index contributed by atoms with van der Waals surface area (Å²) in [5, 5.41) is 17.7. The first-order valence-corrected chi connectivity index (χ1v) is 4.38. The molecule has 0 heterocycles. The molecule has 2 unspecified atom stereocenters. The van der Waals surface area contributed by atoms with Gasteiger partial charge in [-0.1, -0.05) is 23.8 Å². The minimum atomic E-state index is -4.53. The molecule has 0 amide bonds. The minimum Gasteiger partial charge on any atom is -0.862 e. The SMILES string of the molecule is CC1=CC(C)(C(F)(F)F)C(C(=N)[O-])C=C1. The molecular formula is C10H11F3NO-. The van der Waals surface area contributed by atoms with E-state index in [1.807, 2.05) is 0 Å². The third-order valence-corrected chi connectivity index (χ3v) is 2.62. The Balaban J connectivity index is 3.23. The summed E-state index contributed by atoms with van der Waals surface area (Å²) in [6.45, 7) is 2.47. The molecule has 1 aliphatic rings. The number of rotatable bonds is 1. The number of halogens is 3. The van der Waals surface area contributed by atoms with Crippen LogP contribution in [0.3, 0.4) is 0 Å². The van der Waals surface area contributed by atoms with Crippen molar-refractivity contribution in [3.63, 3.8) is 0 Å². The Kier molecular flexibility index (Phi) is 2.67. The fourth-order valence-electron chi connectivity index (χ4n) is 1.68. The van der Waals surface area contributed by atoms with Gasteiger partial charge in [-0.3, -0.25) is 0 Å². The first kappa shape index (κ1) is 11.8. The lowest BCUT2D eigenvalue weighted by molar-refractivity contribution is -0.247. The van der Waals surface area contributed by atoms with E-state index in [9.17, 15) is 18.3 Å². The monoisotopic (exact) mass is 218 g/mol. The Morgan fingerprint density at radius 3 is 2.47 bits per heavy atom. The van der Waals surface area contributed by atoms with Gasteiger partial charge >= 0.3 is 6.18 Å². The molecule has 15 heavy (non-hydrogen) atoms. The molecule has 5 heteroatoms. The zero-order valence-corrected chi connectivity index (χ0v) is 8.35. The van der Waals surface area contributed by atoms with Crippen LogP contribution in [0, 0.1) is 16.7 Å². The molecule has 2 nitrogen and oxygen atoms in total. The molecule has 0 saturated heterocycles. The number of alkyl halides is 3. The predicted molar refractivity (Wildman–Crippen MR) is 48.3 cm³/mol. The fourth-order valence-corrected chi connectivity index (χ4v) is 1.68. The van der Waals surface area contributed by atoms with E-state index in [4.69, 9.17) is 5.41 Å². The van der Waals surface area contributed by atoms with Crippen LogP contribution in [-0.4, -0.2) is 12.1 Å². The zero-order chi connectivity index (χ0) is 11.9. The maximum atomic E-state index is 12.8. The Morgan fingerprint density at radius 2 is 2.07 bits per heavy atom. The summed E-state index contributed by atoms with van der Waals surface area (Å²) in [7, 11) is 0. The van der Waals surface area contributed by atoms with Crippen molar-refractivity contribution in [2.45, 2.75) is 20.0 Å². The van der Waals surface area contributed by atoms with Gasteiger partial charge < -0.3 is 10.5 Å². The van der Waals surface area contributed by atoms with Crippen LogP contribution in [0.5, 0.6) is 0 Å². The molecule has 0 fully saturated rings. The van der Waals surface area contributed by atoms with Crippen LogP contribution in [0.25, 0.3) is 0 Å². The van der Waals surface area contributed by atoms with E-state index >= 15 is 0 Å². The average molecular weight is 218 g/mol. The molecule has 0 aliphatic heterocycles. The van der Waals surface area contributed by atoms with Gasteiger partial charge in [-0.2, -0.15) is 13.2 Å². The topological polar surface area (TPSA) is 46.9 Å². The predicted octanol–water partition coefficient (Wildman–Crippen LogP) is 2.02. The molecule has 0 radical (unpaired) electrons. The van der Waals surface area contributed by atoms with Crippen molar-refractivity contribution in [1.82, 2.24) is 0 Å². The van der Waals surface area contributed by atoms with Crippen LogP contribution in [-0.2, 0) is 0 Å². The normalized spacial score (nSPS) is 31.3. The van der Waals surface area contributed by atoms with Crippen LogP contribution in [0.1, 0.15) is 13.8 Å². The zero-order valence-electron chi connectivity index (χ0n) is 8.35. The highest BCUT2D eigenvalue weighted by Crippen LogP contribution is 2.48. The van der Waals surface area contributed by atoms with Gasteiger partial charge in [0.05, 0.1) is 5.41 Å². The Labute approximate surface area is 85.6 Å². The third kappa shape index (κ3) is 1.91. The molecule has 1 N–H and O–H groups in total. The van der Waals surface area contributed by atoms with E-state index in [0.717, 1.165) is 19.1 Å². The first-order chi connectivity index (χ1) is 6.68. The van der Waals surface area contributed by atoms with Crippen molar-refractivity contribution >= 4 is 5.90 Å². The van der Waals surface area contributed by atoms with E-state index in [2.05, 4.69) is 0 Å². The maximum Gasteiger partial charge on any atom is 0.398 e. The minimum absolute atomic E-state index is 0.451. The van der Waals surface area contributed by atoms with Crippen molar-refractivity contribution in [3.8, 4) is 0 Å². The Morgan fingerprint density at radius 1 is 1.53 bits per heavy atom. The molecule has 1 aliphatic carbocycles. The van der Waals surface area contributed by atoms with Gasteiger partial charge in [-0.25, -0.2) is 0 Å². The van der Waals surface area contributed by atoms with Crippen molar-refractivity contribution < 1.29 is 18.3 Å². The summed E-state index contributed by atoms with van der Waals surface area (Å²) in [6.07, 6.45) is -0.937. The van der Waals surface area contributed by atoms with Gasteiger partial charge in [0.1, 0.15) is 0 Å². The van der Waals surface area contributed by atoms with E-state index < -0.39 is 23.4 Å². The molecule has 0 aromatic carbocycles. The molecule has 1 rings (SSSR count). The summed E-state index contributed by atoms with van der Waals surface area (Å²) in [6, 6.07) is 0. The lowest BCUT2D eigenvalue weighted by Gasteiger charge is -2.39. The summed E-state index contributed by atoms with van der Waals surface area (Å²) < 4.78 is 38.4. The van der Waals surface area contributed by atoms with Crippen molar-refractivity contribution in [3.05, 3.63) is 23.8 Å². The van der Waals surface area contributed by atoms with Crippen molar-refractivity contribution in [2.75, 3.05) is 0 Å². The second kappa shape index (κ2) is 3.40. The number of hydrogen-bond acceptors (Lipinski definition) is 2. The van der Waals surface area contributed by atoms with Crippen LogP contribution in [0.4, 0.5) is 13.2 Å². The standard InChI is InChI=1S/C10H12F3NO/c1-6-3-4-7(8(14)15)9(2,5-6)10(11,12)13/h3-5,7H,1-2H3,(H2,14,15)/p-1. The molecule has 0 aromatic heterocycles. The van der Waals surface area contributed by atoms with Gasteiger partial charge in [0.15, 0.2) is 0 Å². The molecule has 0 spiro atoms. The van der Waals surface area contributed by atoms with Gasteiger partial charge in [0.2, 0.25) is 0 Å². The summed E-state index contributed by atoms with van der Waals surface area (Å²) in [5.74, 6) is -2.66. The largest absolute Gasteiger partial charge is 0.862 e. The Hall–Kier alpha value is -1.26. The van der Waals surface area contributed by atoms with Crippen LogP contribution in [0.15, 0.2) is 23.8 Å². The van der Waals surface area contributed by atoms with E-state index in [-0.39, 0.29) is 0 Å². The highest BCUT2D eigenvalue weighted by molar-refractivity contribution is 5.75.